The lowest BCUT2D eigenvalue weighted by Gasteiger charge is -2.36. The molecule has 0 spiro atoms. The highest BCUT2D eigenvalue weighted by Gasteiger charge is 2.28. The number of anilines is 1. The van der Waals surface area contributed by atoms with Gasteiger partial charge in [-0.3, -0.25) is 14.9 Å². The lowest BCUT2D eigenvalue weighted by atomic mass is 10.1. The van der Waals surface area contributed by atoms with Gasteiger partial charge in [0.2, 0.25) is 0 Å². The molecule has 29 heavy (non-hydrogen) atoms. The Balaban J connectivity index is 1.75. The Morgan fingerprint density at radius 1 is 1.14 bits per heavy atom. The smallest absolute Gasteiger partial charge is 0.338 e. The van der Waals surface area contributed by atoms with Crippen LogP contribution in [0.1, 0.15) is 27.6 Å². The summed E-state index contributed by atoms with van der Waals surface area (Å²) in [5, 5.41) is 11.5. The molecule has 1 aliphatic rings. The van der Waals surface area contributed by atoms with E-state index in [2.05, 4.69) is 15.9 Å². The number of piperazine rings is 1. The van der Waals surface area contributed by atoms with Gasteiger partial charge in [0.15, 0.2) is 0 Å². The van der Waals surface area contributed by atoms with Gasteiger partial charge in [0.05, 0.1) is 22.7 Å². The summed E-state index contributed by atoms with van der Waals surface area (Å²) >= 11 is 3.40. The minimum absolute atomic E-state index is 0.0794. The Bertz CT molecular complexity index is 941. The fourth-order valence-electron chi connectivity index (χ4n) is 3.23. The molecule has 0 N–H and O–H groups in total. The van der Waals surface area contributed by atoms with Crippen LogP contribution in [-0.4, -0.2) is 54.5 Å². The predicted molar refractivity (Wildman–Crippen MR) is 111 cm³/mol. The zero-order valence-corrected chi connectivity index (χ0v) is 17.4. The first-order valence-corrected chi connectivity index (χ1v) is 9.96. The van der Waals surface area contributed by atoms with Gasteiger partial charge in [-0.1, -0.05) is 12.1 Å². The Morgan fingerprint density at radius 3 is 2.45 bits per heavy atom. The first kappa shape index (κ1) is 20.8. The van der Waals surface area contributed by atoms with Gasteiger partial charge in [-0.25, -0.2) is 4.79 Å². The van der Waals surface area contributed by atoms with Crippen LogP contribution in [0.5, 0.6) is 0 Å². The second kappa shape index (κ2) is 9.04. The fourth-order valence-corrected chi connectivity index (χ4v) is 3.69. The number of amides is 1. The third kappa shape index (κ3) is 4.56. The quantitative estimate of drug-likeness (QED) is 0.384. The Morgan fingerprint density at radius 2 is 1.83 bits per heavy atom. The number of carbonyl (C=O) groups is 2. The van der Waals surface area contributed by atoms with Gasteiger partial charge in [-0.05, 0) is 47.1 Å². The molecular formula is C20H20BrN3O5. The molecule has 2 aromatic rings. The molecule has 1 fully saturated rings. The van der Waals surface area contributed by atoms with Gasteiger partial charge in [0.25, 0.3) is 11.6 Å². The monoisotopic (exact) mass is 461 g/mol. The zero-order valence-electron chi connectivity index (χ0n) is 15.8. The first-order valence-electron chi connectivity index (χ1n) is 9.16. The molecule has 2 aromatic carbocycles. The van der Waals surface area contributed by atoms with Gasteiger partial charge in [0, 0.05) is 36.7 Å². The topological polar surface area (TPSA) is 93.0 Å². The van der Waals surface area contributed by atoms with E-state index >= 15 is 0 Å². The molecule has 1 amide bonds. The van der Waals surface area contributed by atoms with Crippen molar-refractivity contribution in [2.24, 2.45) is 0 Å². The molecule has 0 unspecified atom stereocenters. The summed E-state index contributed by atoms with van der Waals surface area (Å²) in [5.41, 5.74) is 1.01. The molecule has 0 bridgehead atoms. The van der Waals surface area contributed by atoms with E-state index in [9.17, 15) is 19.7 Å². The molecule has 8 nitrogen and oxygen atoms in total. The molecule has 0 saturated carbocycles. The number of esters is 1. The highest BCUT2D eigenvalue weighted by atomic mass is 79.9. The molecule has 152 valence electrons. The molecular weight excluding hydrogens is 442 g/mol. The molecule has 1 saturated heterocycles. The van der Waals surface area contributed by atoms with Gasteiger partial charge >= 0.3 is 5.97 Å². The highest BCUT2D eigenvalue weighted by molar-refractivity contribution is 9.10. The summed E-state index contributed by atoms with van der Waals surface area (Å²) in [6, 6.07) is 11.6. The van der Waals surface area contributed by atoms with Crippen LogP contribution in [-0.2, 0) is 4.74 Å². The Labute approximate surface area is 176 Å². The summed E-state index contributed by atoms with van der Waals surface area (Å²) in [6.45, 7) is 3.66. The van der Waals surface area contributed by atoms with Crippen LogP contribution >= 0.6 is 15.9 Å². The molecule has 0 aromatic heterocycles. The lowest BCUT2D eigenvalue weighted by Crippen LogP contribution is -2.49. The number of halogens is 1. The van der Waals surface area contributed by atoms with E-state index < -0.39 is 10.9 Å². The third-order valence-electron chi connectivity index (χ3n) is 4.70. The summed E-state index contributed by atoms with van der Waals surface area (Å²) in [7, 11) is 0. The second-order valence-electron chi connectivity index (χ2n) is 6.44. The number of rotatable bonds is 5. The number of hydrogen-bond donors (Lipinski definition) is 0. The van der Waals surface area contributed by atoms with Crippen molar-refractivity contribution in [2.45, 2.75) is 6.92 Å². The molecule has 0 radical (unpaired) electrons. The Hall–Kier alpha value is -2.94. The number of hydrogen-bond acceptors (Lipinski definition) is 6. The van der Waals surface area contributed by atoms with Crippen molar-refractivity contribution in [3.05, 3.63) is 68.2 Å². The van der Waals surface area contributed by atoms with Gasteiger partial charge < -0.3 is 14.5 Å². The maximum absolute atomic E-state index is 12.7. The van der Waals surface area contributed by atoms with E-state index in [1.54, 1.807) is 24.0 Å². The molecule has 0 aliphatic carbocycles. The van der Waals surface area contributed by atoms with E-state index in [1.807, 2.05) is 23.1 Å². The second-order valence-corrected chi connectivity index (χ2v) is 7.29. The molecule has 1 aliphatic heterocycles. The van der Waals surface area contributed by atoms with Gasteiger partial charge in [-0.2, -0.15) is 0 Å². The van der Waals surface area contributed by atoms with Crippen molar-refractivity contribution in [3.63, 3.8) is 0 Å². The number of ether oxygens (including phenoxy) is 1. The minimum atomic E-state index is -0.592. The van der Waals surface area contributed by atoms with Crippen LogP contribution in [0.3, 0.4) is 0 Å². The number of nitro groups is 1. The normalized spacial score (nSPS) is 13.9. The van der Waals surface area contributed by atoms with Crippen LogP contribution in [0.25, 0.3) is 0 Å². The van der Waals surface area contributed by atoms with Crippen LogP contribution in [0.2, 0.25) is 0 Å². The van der Waals surface area contributed by atoms with Crippen LogP contribution in [0, 0.1) is 10.1 Å². The molecule has 3 rings (SSSR count). The lowest BCUT2D eigenvalue weighted by molar-refractivity contribution is -0.384. The van der Waals surface area contributed by atoms with Crippen LogP contribution < -0.4 is 4.90 Å². The average molecular weight is 462 g/mol. The van der Waals surface area contributed by atoms with Crippen LogP contribution in [0.15, 0.2) is 46.9 Å². The average Bonchev–Trinajstić information content (AvgIpc) is 2.73. The maximum atomic E-state index is 12.7. The fraction of sp³-hybridized carbons (Fsp3) is 0.300. The van der Waals surface area contributed by atoms with Crippen molar-refractivity contribution in [1.82, 2.24) is 4.90 Å². The maximum Gasteiger partial charge on any atom is 0.338 e. The van der Waals surface area contributed by atoms with Gasteiger partial charge in [-0.15, -0.1) is 0 Å². The van der Waals surface area contributed by atoms with Crippen molar-refractivity contribution >= 4 is 39.2 Å². The first-order chi connectivity index (χ1) is 13.9. The predicted octanol–water partition coefficient (Wildman–Crippen LogP) is 3.50. The van der Waals surface area contributed by atoms with E-state index in [0.717, 1.165) is 4.47 Å². The molecule has 1 heterocycles. The van der Waals surface area contributed by atoms with E-state index in [1.165, 1.54) is 12.1 Å². The summed E-state index contributed by atoms with van der Waals surface area (Å²) in [5.74, 6) is -0.671. The molecule has 0 atom stereocenters. The summed E-state index contributed by atoms with van der Waals surface area (Å²) < 4.78 is 5.65. The van der Waals surface area contributed by atoms with E-state index in [0.29, 0.717) is 37.4 Å². The van der Waals surface area contributed by atoms with E-state index in [4.69, 9.17) is 4.74 Å². The van der Waals surface area contributed by atoms with Crippen molar-refractivity contribution in [1.29, 1.82) is 0 Å². The highest BCUT2D eigenvalue weighted by Crippen LogP contribution is 2.30. The van der Waals surface area contributed by atoms with Crippen molar-refractivity contribution in [2.75, 3.05) is 37.7 Å². The van der Waals surface area contributed by atoms with Gasteiger partial charge in [0.1, 0.15) is 5.69 Å². The van der Waals surface area contributed by atoms with E-state index in [-0.39, 0.29) is 23.8 Å². The summed E-state index contributed by atoms with van der Waals surface area (Å²) in [4.78, 5) is 39.3. The van der Waals surface area contributed by atoms with Crippen molar-refractivity contribution in [3.8, 4) is 0 Å². The SMILES string of the molecule is CCOC(=O)c1ccc(N2CCN(C(=O)c3ccccc3Br)CC2)c([N+](=O)[O-])c1. The minimum Gasteiger partial charge on any atom is -0.462 e. The third-order valence-corrected chi connectivity index (χ3v) is 5.39. The number of carbonyl (C=O) groups excluding carboxylic acids is 2. The summed E-state index contributed by atoms with van der Waals surface area (Å²) in [6.07, 6.45) is 0. The van der Waals surface area contributed by atoms with Crippen LogP contribution in [0.4, 0.5) is 11.4 Å². The zero-order chi connectivity index (χ0) is 21.0. The number of nitro benzene ring substituents is 1. The van der Waals surface area contributed by atoms with Crippen molar-refractivity contribution < 1.29 is 19.2 Å². The standard InChI is InChI=1S/C20H20BrN3O5/c1-2-29-20(26)14-7-8-17(18(13-14)24(27)28)22-9-11-23(12-10-22)19(25)15-5-3-4-6-16(15)21/h3-8,13H,2,9-12H2,1H3. The largest absolute Gasteiger partial charge is 0.462 e. The molecule has 9 heteroatoms. The Kier molecular flexibility index (Phi) is 6.48. The number of nitrogens with zero attached hydrogens (tertiary/aromatic N) is 3. The number of benzene rings is 2.